The molecule has 1 saturated heterocycles. The first-order valence-electron chi connectivity index (χ1n) is 6.99. The van der Waals surface area contributed by atoms with Gasteiger partial charge < -0.3 is 14.8 Å². The topological polar surface area (TPSA) is 71.3 Å². The van der Waals surface area contributed by atoms with Crippen LogP contribution in [0, 0.1) is 11.3 Å². The van der Waals surface area contributed by atoms with E-state index in [0.717, 1.165) is 23.9 Å². The van der Waals surface area contributed by atoms with Gasteiger partial charge in [0.15, 0.2) is 0 Å². The van der Waals surface area contributed by atoms with Crippen LogP contribution in [-0.2, 0) is 9.53 Å². The Morgan fingerprint density at radius 2 is 2.45 bits per heavy atom. The van der Waals surface area contributed by atoms with Gasteiger partial charge in [-0.3, -0.25) is 4.79 Å². The molecule has 1 aromatic carbocycles. The molecule has 0 spiro atoms. The van der Waals surface area contributed by atoms with Crippen molar-refractivity contribution in [2.45, 2.75) is 18.9 Å². The van der Waals surface area contributed by atoms with Crippen LogP contribution in [0.3, 0.4) is 0 Å². The minimum Gasteiger partial charge on any atom is -0.496 e. The summed E-state index contributed by atoms with van der Waals surface area (Å²) in [5, 5.41) is 12.0. The summed E-state index contributed by atoms with van der Waals surface area (Å²) in [6.07, 6.45) is 3.51. The van der Waals surface area contributed by atoms with E-state index in [2.05, 4.69) is 21.2 Å². The maximum Gasteiger partial charge on any atom is 0.262 e. The van der Waals surface area contributed by atoms with Gasteiger partial charge in [-0.25, -0.2) is 0 Å². The number of amides is 1. The van der Waals surface area contributed by atoms with Crippen molar-refractivity contribution < 1.29 is 14.3 Å². The summed E-state index contributed by atoms with van der Waals surface area (Å²) in [7, 11) is 1.55. The number of carbonyl (C=O) groups excluding carboxylic acids is 1. The molecule has 1 atom stereocenters. The molecule has 22 heavy (non-hydrogen) atoms. The Balaban J connectivity index is 2.11. The van der Waals surface area contributed by atoms with Gasteiger partial charge in [0.25, 0.3) is 5.91 Å². The van der Waals surface area contributed by atoms with Crippen molar-refractivity contribution in [3.8, 4) is 11.8 Å². The quantitative estimate of drug-likeness (QED) is 0.643. The standard InChI is InChI=1S/C16H17BrN2O3/c1-21-15-5-4-13(17)8-11(15)7-12(9-18)16(20)19-10-14-3-2-6-22-14/h4-5,7-8,14H,2-3,6,10H2,1H3,(H,19,20)/b12-7+/t14-/m1/s1. The molecule has 116 valence electrons. The van der Waals surface area contributed by atoms with Crippen LogP contribution >= 0.6 is 15.9 Å². The molecule has 1 aromatic rings. The molecule has 0 unspecified atom stereocenters. The van der Waals surface area contributed by atoms with E-state index in [0.29, 0.717) is 17.9 Å². The van der Waals surface area contributed by atoms with Crippen molar-refractivity contribution in [3.63, 3.8) is 0 Å². The van der Waals surface area contributed by atoms with Crippen LogP contribution in [0.4, 0.5) is 0 Å². The van der Waals surface area contributed by atoms with E-state index in [1.165, 1.54) is 6.08 Å². The van der Waals surface area contributed by atoms with Crippen molar-refractivity contribution in [1.82, 2.24) is 5.32 Å². The zero-order valence-electron chi connectivity index (χ0n) is 12.3. The number of hydrogen-bond donors (Lipinski definition) is 1. The third-order valence-electron chi connectivity index (χ3n) is 3.37. The van der Waals surface area contributed by atoms with Crippen LogP contribution in [0.25, 0.3) is 6.08 Å². The van der Waals surface area contributed by atoms with Gasteiger partial charge in [0, 0.05) is 23.2 Å². The molecule has 1 N–H and O–H groups in total. The molecule has 1 fully saturated rings. The lowest BCUT2D eigenvalue weighted by Gasteiger charge is -2.10. The van der Waals surface area contributed by atoms with E-state index < -0.39 is 5.91 Å². The van der Waals surface area contributed by atoms with Crippen molar-refractivity contribution >= 4 is 27.9 Å². The lowest BCUT2D eigenvalue weighted by atomic mass is 10.1. The summed E-state index contributed by atoms with van der Waals surface area (Å²) < 4.78 is 11.5. The summed E-state index contributed by atoms with van der Waals surface area (Å²) in [6.45, 7) is 1.16. The van der Waals surface area contributed by atoms with Crippen LogP contribution in [0.1, 0.15) is 18.4 Å². The Hall–Kier alpha value is -1.84. The van der Waals surface area contributed by atoms with Crippen molar-refractivity contribution in [1.29, 1.82) is 5.26 Å². The molecule has 0 aromatic heterocycles. The zero-order chi connectivity index (χ0) is 15.9. The number of nitrogens with zero attached hydrogens (tertiary/aromatic N) is 1. The normalized spacial score (nSPS) is 17.9. The molecule has 2 rings (SSSR count). The number of halogens is 1. The Morgan fingerprint density at radius 1 is 1.64 bits per heavy atom. The van der Waals surface area contributed by atoms with Crippen LogP contribution in [0.2, 0.25) is 0 Å². The lowest BCUT2D eigenvalue weighted by molar-refractivity contribution is -0.117. The molecule has 6 heteroatoms. The van der Waals surface area contributed by atoms with Gasteiger partial charge in [-0.2, -0.15) is 5.26 Å². The van der Waals surface area contributed by atoms with E-state index in [-0.39, 0.29) is 11.7 Å². The molecule has 1 aliphatic rings. The van der Waals surface area contributed by atoms with Gasteiger partial charge >= 0.3 is 0 Å². The summed E-state index contributed by atoms with van der Waals surface area (Å²) >= 11 is 3.37. The predicted octanol–water partition coefficient (Wildman–Crippen LogP) is 2.66. The summed E-state index contributed by atoms with van der Waals surface area (Å²) in [4.78, 5) is 12.1. The van der Waals surface area contributed by atoms with Crippen LogP contribution in [-0.4, -0.2) is 32.3 Å². The Labute approximate surface area is 138 Å². The van der Waals surface area contributed by atoms with Gasteiger partial charge in [-0.1, -0.05) is 15.9 Å². The molecule has 0 aliphatic carbocycles. The smallest absolute Gasteiger partial charge is 0.262 e. The number of carbonyl (C=O) groups is 1. The molecular weight excluding hydrogens is 348 g/mol. The van der Waals surface area contributed by atoms with Gasteiger partial charge in [-0.05, 0) is 37.1 Å². The Morgan fingerprint density at radius 3 is 3.09 bits per heavy atom. The van der Waals surface area contributed by atoms with E-state index >= 15 is 0 Å². The third kappa shape index (κ3) is 4.33. The maximum atomic E-state index is 12.1. The average Bonchev–Trinajstić information content (AvgIpc) is 3.04. The monoisotopic (exact) mass is 364 g/mol. The highest BCUT2D eigenvalue weighted by molar-refractivity contribution is 9.10. The predicted molar refractivity (Wildman–Crippen MR) is 86.3 cm³/mol. The van der Waals surface area contributed by atoms with Gasteiger partial charge in [-0.15, -0.1) is 0 Å². The Bertz CT molecular complexity index is 616. The molecule has 5 nitrogen and oxygen atoms in total. The second-order valence-electron chi connectivity index (χ2n) is 4.90. The number of rotatable bonds is 5. The van der Waals surface area contributed by atoms with E-state index in [1.807, 2.05) is 12.1 Å². The van der Waals surface area contributed by atoms with Gasteiger partial charge in [0.1, 0.15) is 17.4 Å². The van der Waals surface area contributed by atoms with Gasteiger partial charge in [0.2, 0.25) is 0 Å². The highest BCUT2D eigenvalue weighted by atomic mass is 79.9. The fourth-order valence-corrected chi connectivity index (χ4v) is 2.61. The van der Waals surface area contributed by atoms with E-state index in [4.69, 9.17) is 9.47 Å². The molecule has 0 radical (unpaired) electrons. The molecule has 1 aliphatic heterocycles. The largest absolute Gasteiger partial charge is 0.496 e. The minimum absolute atomic E-state index is 0.0365. The molecule has 0 saturated carbocycles. The van der Waals surface area contributed by atoms with Crippen molar-refractivity contribution in [3.05, 3.63) is 33.8 Å². The number of methoxy groups -OCH3 is 1. The van der Waals surface area contributed by atoms with Gasteiger partial charge in [0.05, 0.1) is 13.2 Å². The van der Waals surface area contributed by atoms with E-state index in [1.54, 1.807) is 19.2 Å². The SMILES string of the molecule is COc1ccc(Br)cc1/C=C(\C#N)C(=O)NC[C@H]1CCCO1. The number of nitrogens with one attached hydrogen (secondary N) is 1. The van der Waals surface area contributed by atoms with Crippen LogP contribution < -0.4 is 10.1 Å². The molecule has 0 bridgehead atoms. The lowest BCUT2D eigenvalue weighted by Crippen LogP contribution is -2.32. The number of hydrogen-bond acceptors (Lipinski definition) is 4. The second-order valence-corrected chi connectivity index (χ2v) is 5.82. The fraction of sp³-hybridized carbons (Fsp3) is 0.375. The van der Waals surface area contributed by atoms with Crippen LogP contribution in [0.5, 0.6) is 5.75 Å². The average molecular weight is 365 g/mol. The first kappa shape index (κ1) is 16.5. The first-order valence-corrected chi connectivity index (χ1v) is 7.78. The second kappa shape index (κ2) is 7.97. The maximum absolute atomic E-state index is 12.1. The number of ether oxygens (including phenoxy) is 2. The minimum atomic E-state index is -0.403. The summed E-state index contributed by atoms with van der Waals surface area (Å²) in [5.74, 6) is 0.197. The Kier molecular flexibility index (Phi) is 5.99. The summed E-state index contributed by atoms with van der Waals surface area (Å²) in [6, 6.07) is 7.34. The van der Waals surface area contributed by atoms with Crippen molar-refractivity contribution in [2.24, 2.45) is 0 Å². The highest BCUT2D eigenvalue weighted by Crippen LogP contribution is 2.25. The van der Waals surface area contributed by atoms with E-state index in [9.17, 15) is 10.1 Å². The first-order chi connectivity index (χ1) is 10.6. The molecular formula is C16H17BrN2O3. The fourth-order valence-electron chi connectivity index (χ4n) is 2.23. The van der Waals surface area contributed by atoms with Crippen LogP contribution in [0.15, 0.2) is 28.2 Å². The third-order valence-corrected chi connectivity index (χ3v) is 3.86. The van der Waals surface area contributed by atoms with Crippen molar-refractivity contribution in [2.75, 3.05) is 20.3 Å². The zero-order valence-corrected chi connectivity index (χ0v) is 13.9. The molecule has 1 amide bonds. The summed E-state index contributed by atoms with van der Waals surface area (Å²) in [5.41, 5.74) is 0.704. The highest BCUT2D eigenvalue weighted by Gasteiger charge is 2.18. The number of nitriles is 1. The number of benzene rings is 1. The molecule has 1 heterocycles.